The molecule has 7 heteroatoms. The number of benzene rings is 3. The van der Waals surface area contributed by atoms with E-state index >= 15 is 0 Å². The minimum Gasteiger partial charge on any atom is -0.460 e. The highest BCUT2D eigenvalue weighted by Crippen LogP contribution is 2.28. The third-order valence-corrected chi connectivity index (χ3v) is 5.47. The molecule has 0 fully saturated rings. The molecule has 1 atom stereocenters. The van der Waals surface area contributed by atoms with Gasteiger partial charge in [-0.25, -0.2) is 4.68 Å². The summed E-state index contributed by atoms with van der Waals surface area (Å²) < 4.78 is 7.50. The molecule has 0 unspecified atom stereocenters. The maximum absolute atomic E-state index is 12.6. The number of amides is 1. The normalized spacial score (nSPS) is 11.9. The molecule has 6 nitrogen and oxygen atoms in total. The zero-order valence-electron chi connectivity index (χ0n) is 18.7. The first-order valence-corrected chi connectivity index (χ1v) is 11.2. The van der Waals surface area contributed by atoms with Gasteiger partial charge in [0, 0.05) is 11.3 Å². The number of ether oxygens (including phenoxy) is 1. The molecule has 0 bridgehead atoms. The topological polar surface area (TPSA) is 69.0 Å². The summed E-state index contributed by atoms with van der Waals surface area (Å²) in [5, 5.41) is 6.66. The molecule has 0 saturated heterocycles. The van der Waals surface area contributed by atoms with Crippen molar-refractivity contribution in [1.82, 2.24) is 14.8 Å². The molecule has 1 amide bonds. The number of aryl methyl sites for hydroxylation is 1. The first-order valence-electron chi connectivity index (χ1n) is 10.7. The van der Waals surface area contributed by atoms with Gasteiger partial charge in [0.15, 0.2) is 5.82 Å². The molecule has 0 aliphatic heterocycles. The molecule has 4 rings (SSSR count). The lowest BCUT2D eigenvalue weighted by atomic mass is 10.1. The number of hydrogen-bond donors (Lipinski definition) is 1. The Balaban J connectivity index is 1.60. The van der Waals surface area contributed by atoms with Crippen LogP contribution in [0.25, 0.3) is 17.1 Å². The van der Waals surface area contributed by atoms with E-state index in [-0.39, 0.29) is 12.0 Å². The average Bonchev–Trinajstić information content (AvgIpc) is 3.22. The van der Waals surface area contributed by atoms with Gasteiger partial charge in [0.2, 0.25) is 5.91 Å². The molecular formula is C26H25ClN4O2. The minimum absolute atomic E-state index is 0.0451. The number of carbonyl (C=O) groups excluding carboxylic acids is 1. The summed E-state index contributed by atoms with van der Waals surface area (Å²) in [5.74, 6) is 0.398. The van der Waals surface area contributed by atoms with Crippen molar-refractivity contribution in [2.24, 2.45) is 0 Å². The smallest absolute Gasteiger partial charge is 0.336 e. The third-order valence-electron chi connectivity index (χ3n) is 5.02. The van der Waals surface area contributed by atoms with E-state index < -0.39 is 5.38 Å². The fourth-order valence-corrected chi connectivity index (χ4v) is 3.60. The van der Waals surface area contributed by atoms with Gasteiger partial charge in [-0.2, -0.15) is 4.98 Å². The molecule has 168 valence electrons. The summed E-state index contributed by atoms with van der Waals surface area (Å²) in [5.41, 5.74) is 4.23. The maximum Gasteiger partial charge on any atom is 0.336 e. The zero-order valence-corrected chi connectivity index (χ0v) is 19.5. The predicted octanol–water partition coefficient (Wildman–Crippen LogP) is 5.95. The summed E-state index contributed by atoms with van der Waals surface area (Å²) >= 11 is 6.33. The number of hydrogen-bond acceptors (Lipinski definition) is 4. The maximum atomic E-state index is 12.6. The van der Waals surface area contributed by atoms with Crippen molar-refractivity contribution in [3.05, 3.63) is 90.0 Å². The van der Waals surface area contributed by atoms with Gasteiger partial charge >= 0.3 is 6.01 Å². The number of alkyl halides is 1. The Morgan fingerprint density at radius 3 is 2.30 bits per heavy atom. The lowest BCUT2D eigenvalue weighted by Crippen LogP contribution is -2.17. The Kier molecular flexibility index (Phi) is 6.75. The van der Waals surface area contributed by atoms with E-state index in [0.717, 1.165) is 22.4 Å². The summed E-state index contributed by atoms with van der Waals surface area (Å²) in [6.07, 6.45) is -0.0451. The van der Waals surface area contributed by atoms with Crippen LogP contribution in [0.5, 0.6) is 6.01 Å². The fraction of sp³-hybridized carbons (Fsp3) is 0.192. The largest absolute Gasteiger partial charge is 0.460 e. The van der Waals surface area contributed by atoms with Gasteiger partial charge in [0.1, 0.15) is 5.38 Å². The van der Waals surface area contributed by atoms with Crippen molar-refractivity contribution in [2.75, 3.05) is 5.32 Å². The SMILES string of the molecule is Cc1ccccc1-c1nc(OC(C)C)nn1-c1ccc(NC(=O)[C@@H](Cl)c2ccccc2)cc1. The quantitative estimate of drug-likeness (QED) is 0.346. The van der Waals surface area contributed by atoms with Crippen LogP contribution in [0.15, 0.2) is 78.9 Å². The van der Waals surface area contributed by atoms with Crippen LogP contribution >= 0.6 is 11.6 Å². The van der Waals surface area contributed by atoms with Gasteiger partial charge in [0.25, 0.3) is 0 Å². The molecule has 0 spiro atoms. The van der Waals surface area contributed by atoms with Gasteiger partial charge in [-0.3, -0.25) is 4.79 Å². The number of rotatable bonds is 7. The molecular weight excluding hydrogens is 436 g/mol. The molecule has 33 heavy (non-hydrogen) atoms. The molecule has 0 saturated carbocycles. The van der Waals surface area contributed by atoms with Crippen molar-refractivity contribution in [3.63, 3.8) is 0 Å². The second-order valence-corrected chi connectivity index (χ2v) is 8.36. The zero-order chi connectivity index (χ0) is 23.4. The van der Waals surface area contributed by atoms with E-state index in [0.29, 0.717) is 17.5 Å². The fourth-order valence-electron chi connectivity index (χ4n) is 3.40. The molecule has 0 radical (unpaired) electrons. The van der Waals surface area contributed by atoms with Gasteiger partial charge in [0.05, 0.1) is 11.8 Å². The lowest BCUT2D eigenvalue weighted by Gasteiger charge is -2.12. The monoisotopic (exact) mass is 460 g/mol. The average molecular weight is 461 g/mol. The summed E-state index contributed by atoms with van der Waals surface area (Å²) in [7, 11) is 0. The minimum atomic E-state index is -0.774. The van der Waals surface area contributed by atoms with Crippen LogP contribution in [0, 0.1) is 6.92 Å². The van der Waals surface area contributed by atoms with E-state index in [1.54, 1.807) is 4.68 Å². The number of aromatic nitrogens is 3. The number of nitrogens with zero attached hydrogens (tertiary/aromatic N) is 3. The Morgan fingerprint density at radius 2 is 1.64 bits per heavy atom. The first-order chi connectivity index (χ1) is 15.9. The summed E-state index contributed by atoms with van der Waals surface area (Å²) in [6, 6.07) is 24.9. The van der Waals surface area contributed by atoms with Crippen LogP contribution < -0.4 is 10.1 Å². The van der Waals surface area contributed by atoms with Crippen LogP contribution in [-0.4, -0.2) is 26.8 Å². The Labute approximate surface area is 198 Å². The van der Waals surface area contributed by atoms with Crippen LogP contribution in [0.4, 0.5) is 5.69 Å². The van der Waals surface area contributed by atoms with Crippen LogP contribution in [-0.2, 0) is 4.79 Å². The molecule has 1 heterocycles. The van der Waals surface area contributed by atoms with Crippen molar-refractivity contribution in [3.8, 4) is 23.1 Å². The first kappa shape index (κ1) is 22.6. The van der Waals surface area contributed by atoms with Crippen molar-refractivity contribution < 1.29 is 9.53 Å². The molecule has 3 aromatic carbocycles. The standard InChI is InChI=1S/C26H25ClN4O2/c1-17(2)33-26-29-24(22-12-8-7-9-18(22)3)31(30-26)21-15-13-20(14-16-21)28-25(32)23(27)19-10-5-4-6-11-19/h4-17,23H,1-3H3,(H,28,32)/t23-/m0/s1. The number of anilines is 1. The molecule has 1 N–H and O–H groups in total. The number of nitrogens with one attached hydrogen (secondary N) is 1. The highest BCUT2D eigenvalue weighted by Gasteiger charge is 2.19. The molecule has 0 aliphatic rings. The third kappa shape index (κ3) is 5.23. The van der Waals surface area contributed by atoms with E-state index in [2.05, 4.69) is 15.4 Å². The molecule has 4 aromatic rings. The van der Waals surface area contributed by atoms with Gasteiger partial charge in [-0.1, -0.05) is 54.6 Å². The lowest BCUT2D eigenvalue weighted by molar-refractivity contribution is -0.116. The number of carbonyl (C=O) groups is 1. The van der Waals surface area contributed by atoms with E-state index in [1.807, 2.05) is 99.6 Å². The molecule has 0 aliphatic carbocycles. The van der Waals surface area contributed by atoms with Gasteiger partial charge < -0.3 is 10.1 Å². The van der Waals surface area contributed by atoms with Crippen LogP contribution in [0.3, 0.4) is 0 Å². The highest BCUT2D eigenvalue weighted by atomic mass is 35.5. The van der Waals surface area contributed by atoms with Crippen LogP contribution in [0.1, 0.15) is 30.4 Å². The van der Waals surface area contributed by atoms with Gasteiger partial charge in [-0.15, -0.1) is 16.7 Å². The predicted molar refractivity (Wildman–Crippen MR) is 131 cm³/mol. The Morgan fingerprint density at radius 1 is 0.970 bits per heavy atom. The Bertz CT molecular complexity index is 1240. The Hall–Kier alpha value is -3.64. The number of halogens is 1. The second-order valence-electron chi connectivity index (χ2n) is 7.92. The van der Waals surface area contributed by atoms with E-state index in [4.69, 9.17) is 16.3 Å². The second kappa shape index (κ2) is 9.88. The van der Waals surface area contributed by atoms with E-state index in [1.165, 1.54) is 0 Å². The van der Waals surface area contributed by atoms with Crippen molar-refractivity contribution in [2.45, 2.75) is 32.3 Å². The summed E-state index contributed by atoms with van der Waals surface area (Å²) in [6.45, 7) is 5.90. The van der Waals surface area contributed by atoms with Gasteiger partial charge in [-0.05, 0) is 56.2 Å². The van der Waals surface area contributed by atoms with Crippen LogP contribution in [0.2, 0.25) is 0 Å². The highest BCUT2D eigenvalue weighted by molar-refractivity contribution is 6.32. The van der Waals surface area contributed by atoms with E-state index in [9.17, 15) is 4.79 Å². The molecule has 1 aromatic heterocycles. The van der Waals surface area contributed by atoms with Crippen molar-refractivity contribution >= 4 is 23.2 Å². The summed E-state index contributed by atoms with van der Waals surface area (Å²) in [4.78, 5) is 17.2. The van der Waals surface area contributed by atoms with Crippen molar-refractivity contribution in [1.29, 1.82) is 0 Å².